The van der Waals surface area contributed by atoms with Gasteiger partial charge in [0.15, 0.2) is 0 Å². The molecule has 3 nitrogen and oxygen atoms in total. The largest absolute Gasteiger partial charge is 0.301 e. The second-order valence-electron chi connectivity index (χ2n) is 4.72. The van der Waals surface area contributed by atoms with E-state index in [-0.39, 0.29) is 5.82 Å². The van der Waals surface area contributed by atoms with E-state index in [0.717, 1.165) is 27.7 Å². The molecule has 3 rings (SSSR count). The average molecular weight is 359 g/mol. The van der Waals surface area contributed by atoms with Gasteiger partial charge in [-0.15, -0.1) is 0 Å². The van der Waals surface area contributed by atoms with Crippen LogP contribution in [-0.2, 0) is 6.54 Å². The molecule has 0 saturated carbocycles. The summed E-state index contributed by atoms with van der Waals surface area (Å²) < 4.78 is 16.1. The highest BCUT2D eigenvalue weighted by Gasteiger charge is 2.13. The van der Waals surface area contributed by atoms with Crippen molar-refractivity contribution < 1.29 is 4.39 Å². The van der Waals surface area contributed by atoms with E-state index < -0.39 is 0 Å². The minimum Gasteiger partial charge on any atom is -0.301 e. The number of likely N-dealkylation sites (tertiary alicyclic amines) is 1. The van der Waals surface area contributed by atoms with Crippen molar-refractivity contribution in [1.29, 1.82) is 0 Å². The number of rotatable bonds is 3. The number of hydrogen-bond donors (Lipinski definition) is 0. The van der Waals surface area contributed by atoms with E-state index in [1.165, 1.54) is 32.0 Å². The minimum absolute atomic E-state index is 0.195. The summed E-state index contributed by atoms with van der Waals surface area (Å²) in [6.07, 6.45) is 2.62. The quantitative estimate of drug-likeness (QED) is 0.786. The van der Waals surface area contributed by atoms with E-state index in [9.17, 15) is 4.39 Å². The summed E-state index contributed by atoms with van der Waals surface area (Å²) in [5, 5.41) is 5.42. The first kappa shape index (κ1) is 12.3. The van der Waals surface area contributed by atoms with Crippen molar-refractivity contribution in [3.8, 4) is 0 Å². The lowest BCUT2D eigenvalue weighted by atomic mass is 10.2. The van der Waals surface area contributed by atoms with Crippen LogP contribution < -0.4 is 0 Å². The highest BCUT2D eigenvalue weighted by atomic mass is 127. The van der Waals surface area contributed by atoms with E-state index in [4.69, 9.17) is 0 Å². The molecule has 96 valence electrons. The molecule has 0 bridgehead atoms. The Labute approximate surface area is 119 Å². The molecular formula is C13H15FIN3. The van der Waals surface area contributed by atoms with Gasteiger partial charge in [-0.1, -0.05) is 0 Å². The van der Waals surface area contributed by atoms with Gasteiger partial charge in [-0.25, -0.2) is 4.39 Å². The summed E-state index contributed by atoms with van der Waals surface area (Å²) in [7, 11) is 0. The zero-order chi connectivity index (χ0) is 12.5. The second kappa shape index (κ2) is 5.13. The topological polar surface area (TPSA) is 21.1 Å². The Hall–Kier alpha value is -0.690. The molecule has 0 amide bonds. The van der Waals surface area contributed by atoms with Crippen molar-refractivity contribution in [1.82, 2.24) is 14.7 Å². The third kappa shape index (κ3) is 2.38. The minimum atomic E-state index is -0.195. The highest BCUT2D eigenvalue weighted by molar-refractivity contribution is 14.1. The van der Waals surface area contributed by atoms with E-state index in [1.807, 2.05) is 10.7 Å². The van der Waals surface area contributed by atoms with Crippen LogP contribution in [0.15, 0.2) is 18.2 Å². The maximum absolute atomic E-state index is 13.2. The van der Waals surface area contributed by atoms with Gasteiger partial charge in [0.05, 0.1) is 12.1 Å². The molecule has 0 radical (unpaired) electrons. The molecule has 1 aliphatic rings. The Morgan fingerprint density at radius 2 is 2.00 bits per heavy atom. The van der Waals surface area contributed by atoms with Crippen molar-refractivity contribution in [2.24, 2.45) is 0 Å². The molecule has 1 aromatic carbocycles. The zero-order valence-electron chi connectivity index (χ0n) is 10.1. The third-order valence-corrected chi connectivity index (χ3v) is 4.29. The van der Waals surface area contributed by atoms with Gasteiger partial charge in [0, 0.05) is 11.9 Å². The fourth-order valence-electron chi connectivity index (χ4n) is 2.53. The van der Waals surface area contributed by atoms with Gasteiger partial charge in [0.2, 0.25) is 0 Å². The Morgan fingerprint density at radius 1 is 1.22 bits per heavy atom. The Bertz CT molecular complexity index is 561. The first-order valence-corrected chi connectivity index (χ1v) is 7.36. The van der Waals surface area contributed by atoms with Crippen LogP contribution in [0.3, 0.4) is 0 Å². The lowest BCUT2D eigenvalue weighted by molar-refractivity contribution is 0.318. The van der Waals surface area contributed by atoms with Crippen molar-refractivity contribution in [2.75, 3.05) is 19.6 Å². The van der Waals surface area contributed by atoms with Gasteiger partial charge in [-0.2, -0.15) is 5.10 Å². The standard InChI is InChI=1S/C13H15FIN3/c14-10-3-4-12-11(9-10)13(15)16-18(12)8-7-17-5-1-2-6-17/h3-4,9H,1-2,5-8H2. The summed E-state index contributed by atoms with van der Waals surface area (Å²) in [5.74, 6) is -0.195. The monoisotopic (exact) mass is 359 g/mol. The number of nitrogens with zero attached hydrogens (tertiary/aromatic N) is 3. The summed E-state index contributed by atoms with van der Waals surface area (Å²) in [5.41, 5.74) is 1.03. The van der Waals surface area contributed by atoms with Gasteiger partial charge in [-0.3, -0.25) is 4.68 Å². The SMILES string of the molecule is Fc1ccc2c(c1)c(I)nn2CCN1CCCC1. The molecule has 1 saturated heterocycles. The summed E-state index contributed by atoms with van der Waals surface area (Å²) in [6, 6.07) is 4.90. The van der Waals surface area contributed by atoms with Gasteiger partial charge in [0.1, 0.15) is 9.52 Å². The Balaban J connectivity index is 1.83. The number of halogens is 2. The van der Waals surface area contributed by atoms with E-state index in [2.05, 4.69) is 32.6 Å². The molecule has 0 unspecified atom stereocenters. The third-order valence-electron chi connectivity index (χ3n) is 3.49. The molecule has 2 heterocycles. The fraction of sp³-hybridized carbons (Fsp3) is 0.462. The van der Waals surface area contributed by atoms with Crippen LogP contribution in [0.5, 0.6) is 0 Å². The Morgan fingerprint density at radius 3 is 2.78 bits per heavy atom. The molecule has 1 aromatic heterocycles. The van der Waals surface area contributed by atoms with Gasteiger partial charge >= 0.3 is 0 Å². The number of aromatic nitrogens is 2. The van der Waals surface area contributed by atoms with E-state index in [1.54, 1.807) is 6.07 Å². The average Bonchev–Trinajstić information content (AvgIpc) is 2.96. The maximum Gasteiger partial charge on any atom is 0.131 e. The Kier molecular flexibility index (Phi) is 3.52. The predicted molar refractivity (Wildman–Crippen MR) is 78.1 cm³/mol. The molecule has 18 heavy (non-hydrogen) atoms. The number of hydrogen-bond acceptors (Lipinski definition) is 2. The maximum atomic E-state index is 13.2. The van der Waals surface area contributed by atoms with Crippen LogP contribution in [-0.4, -0.2) is 34.3 Å². The lowest BCUT2D eigenvalue weighted by Crippen LogP contribution is -2.24. The molecular weight excluding hydrogens is 344 g/mol. The number of benzene rings is 1. The van der Waals surface area contributed by atoms with Gasteiger partial charge < -0.3 is 4.90 Å². The molecule has 1 fully saturated rings. The highest BCUT2D eigenvalue weighted by Crippen LogP contribution is 2.21. The van der Waals surface area contributed by atoms with Crippen molar-refractivity contribution in [3.63, 3.8) is 0 Å². The van der Waals surface area contributed by atoms with Crippen LogP contribution in [0, 0.1) is 9.52 Å². The van der Waals surface area contributed by atoms with E-state index in [0.29, 0.717) is 0 Å². The fourth-order valence-corrected chi connectivity index (χ4v) is 3.22. The zero-order valence-corrected chi connectivity index (χ0v) is 12.2. The van der Waals surface area contributed by atoms with Crippen LogP contribution >= 0.6 is 22.6 Å². The molecule has 2 aromatic rings. The van der Waals surface area contributed by atoms with Crippen LogP contribution in [0.1, 0.15) is 12.8 Å². The number of fused-ring (bicyclic) bond motifs is 1. The summed E-state index contributed by atoms with van der Waals surface area (Å²) in [6.45, 7) is 4.31. The molecule has 5 heteroatoms. The second-order valence-corrected chi connectivity index (χ2v) is 5.75. The van der Waals surface area contributed by atoms with Crippen molar-refractivity contribution in [2.45, 2.75) is 19.4 Å². The van der Waals surface area contributed by atoms with Gasteiger partial charge in [-0.05, 0) is 66.7 Å². The summed E-state index contributed by atoms with van der Waals surface area (Å²) in [4.78, 5) is 2.46. The molecule has 0 aliphatic carbocycles. The molecule has 0 N–H and O–H groups in total. The predicted octanol–water partition coefficient (Wildman–Crippen LogP) is 2.88. The van der Waals surface area contributed by atoms with Crippen molar-refractivity contribution >= 4 is 33.5 Å². The van der Waals surface area contributed by atoms with Crippen LogP contribution in [0.25, 0.3) is 10.9 Å². The van der Waals surface area contributed by atoms with Crippen molar-refractivity contribution in [3.05, 3.63) is 27.7 Å². The summed E-state index contributed by atoms with van der Waals surface area (Å²) >= 11 is 2.17. The normalized spacial score (nSPS) is 16.8. The van der Waals surface area contributed by atoms with Gasteiger partial charge in [0.25, 0.3) is 0 Å². The van der Waals surface area contributed by atoms with Crippen LogP contribution in [0.4, 0.5) is 4.39 Å². The first-order chi connectivity index (χ1) is 8.74. The first-order valence-electron chi connectivity index (χ1n) is 6.28. The molecule has 1 aliphatic heterocycles. The van der Waals surface area contributed by atoms with Crippen LogP contribution in [0.2, 0.25) is 0 Å². The smallest absolute Gasteiger partial charge is 0.131 e. The molecule has 0 atom stereocenters. The lowest BCUT2D eigenvalue weighted by Gasteiger charge is -2.14. The van der Waals surface area contributed by atoms with E-state index >= 15 is 0 Å². The molecule has 0 spiro atoms.